The summed E-state index contributed by atoms with van der Waals surface area (Å²) in [5.74, 6) is 1.58. The smallest absolute Gasteiger partial charge is 0.221 e. The molecule has 0 spiro atoms. The van der Waals surface area contributed by atoms with Crippen molar-refractivity contribution in [3.8, 4) is 22.8 Å². The number of hydrogen-bond acceptors (Lipinski definition) is 6. The van der Waals surface area contributed by atoms with Crippen molar-refractivity contribution in [1.29, 1.82) is 0 Å². The molecule has 0 saturated carbocycles. The molecule has 0 saturated heterocycles. The number of benzene rings is 2. The summed E-state index contributed by atoms with van der Waals surface area (Å²) >= 11 is 14.3. The molecule has 2 aromatic carbocycles. The maximum Gasteiger partial charge on any atom is 0.221 e. The summed E-state index contributed by atoms with van der Waals surface area (Å²) < 4.78 is 11.8. The summed E-state index contributed by atoms with van der Waals surface area (Å²) in [6.45, 7) is 1.22. The molecular weight excluding hydrogens is 429 g/mol. The number of halogens is 2. The average Bonchev–Trinajstić information content (AvgIpc) is 2.68. The van der Waals surface area contributed by atoms with Crippen LogP contribution in [0, 0.1) is 0 Å². The van der Waals surface area contributed by atoms with E-state index in [9.17, 15) is 0 Å². The average molecular weight is 448 g/mol. The molecule has 150 valence electrons. The highest BCUT2D eigenvalue weighted by molar-refractivity contribution is 7.99. The van der Waals surface area contributed by atoms with Gasteiger partial charge in [-0.15, -0.1) is 0 Å². The molecule has 1 aliphatic rings. The minimum atomic E-state index is 0.170. The Morgan fingerprint density at radius 3 is 2.59 bits per heavy atom. The minimum absolute atomic E-state index is 0.170. The van der Waals surface area contributed by atoms with Gasteiger partial charge in [-0.2, -0.15) is 0 Å². The molecule has 0 fully saturated rings. The quantitative estimate of drug-likeness (QED) is 0.418. The Morgan fingerprint density at radius 1 is 0.897 bits per heavy atom. The molecule has 3 aromatic rings. The lowest BCUT2D eigenvalue weighted by Crippen LogP contribution is -2.02. The first-order chi connectivity index (χ1) is 14.1. The molecule has 6 bridgehead atoms. The van der Waals surface area contributed by atoms with Crippen molar-refractivity contribution in [2.24, 2.45) is 0 Å². The SMILES string of the molecule is Nc1nc2cc(n1)-c1cc(c(Cl)cc1Cl)OCCCCCOc1cccc(c1)S2. The van der Waals surface area contributed by atoms with Crippen LogP contribution in [-0.2, 0) is 0 Å². The van der Waals surface area contributed by atoms with Crippen molar-refractivity contribution < 1.29 is 9.47 Å². The predicted molar refractivity (Wildman–Crippen MR) is 117 cm³/mol. The largest absolute Gasteiger partial charge is 0.494 e. The third-order valence-corrected chi connectivity index (χ3v) is 5.88. The number of fused-ring (bicyclic) bond motifs is 7. The zero-order valence-electron chi connectivity index (χ0n) is 15.5. The highest BCUT2D eigenvalue weighted by Crippen LogP contribution is 2.38. The zero-order valence-corrected chi connectivity index (χ0v) is 17.9. The van der Waals surface area contributed by atoms with E-state index in [0.717, 1.165) is 29.9 Å². The summed E-state index contributed by atoms with van der Waals surface area (Å²) in [6, 6.07) is 13.3. The van der Waals surface area contributed by atoms with E-state index in [2.05, 4.69) is 9.97 Å². The third kappa shape index (κ3) is 5.07. The first-order valence-corrected chi connectivity index (χ1v) is 10.8. The van der Waals surface area contributed by atoms with Gasteiger partial charge in [0.1, 0.15) is 16.5 Å². The number of aromatic nitrogens is 2. The van der Waals surface area contributed by atoms with Crippen LogP contribution in [0.2, 0.25) is 10.0 Å². The van der Waals surface area contributed by atoms with E-state index in [0.29, 0.717) is 45.3 Å². The van der Waals surface area contributed by atoms with E-state index in [1.807, 2.05) is 36.4 Å². The van der Waals surface area contributed by atoms with Gasteiger partial charge in [-0.05, 0) is 55.7 Å². The fourth-order valence-corrected chi connectivity index (χ4v) is 4.38. The van der Waals surface area contributed by atoms with Crippen molar-refractivity contribution in [2.75, 3.05) is 18.9 Å². The molecule has 0 atom stereocenters. The van der Waals surface area contributed by atoms with E-state index in [4.69, 9.17) is 38.4 Å². The molecule has 0 amide bonds. The molecule has 2 heterocycles. The Balaban J connectivity index is 1.77. The number of nitrogens with two attached hydrogens (primary N) is 1. The first-order valence-electron chi connectivity index (χ1n) is 9.26. The van der Waals surface area contributed by atoms with Gasteiger partial charge in [0.05, 0.1) is 29.0 Å². The molecule has 1 aromatic heterocycles. The van der Waals surface area contributed by atoms with Crippen LogP contribution >= 0.6 is 35.0 Å². The summed E-state index contributed by atoms with van der Waals surface area (Å²) in [5.41, 5.74) is 7.29. The van der Waals surface area contributed by atoms with Crippen LogP contribution in [0.5, 0.6) is 11.5 Å². The van der Waals surface area contributed by atoms with Gasteiger partial charge < -0.3 is 15.2 Å². The van der Waals surface area contributed by atoms with Crippen molar-refractivity contribution in [3.05, 3.63) is 52.5 Å². The second-order valence-electron chi connectivity index (χ2n) is 6.55. The second kappa shape index (κ2) is 9.11. The second-order valence-corrected chi connectivity index (χ2v) is 8.45. The first kappa shape index (κ1) is 20.1. The van der Waals surface area contributed by atoms with Gasteiger partial charge in [-0.1, -0.05) is 41.0 Å². The number of nitrogen functional groups attached to an aromatic ring is 1. The fourth-order valence-electron chi connectivity index (χ4n) is 2.97. The van der Waals surface area contributed by atoms with Crippen LogP contribution in [0.4, 0.5) is 5.95 Å². The number of nitrogens with zero attached hydrogens (tertiary/aromatic N) is 2. The van der Waals surface area contributed by atoms with Gasteiger partial charge in [0.25, 0.3) is 0 Å². The summed E-state index contributed by atoms with van der Waals surface area (Å²) in [6.07, 6.45) is 2.84. The van der Waals surface area contributed by atoms with Gasteiger partial charge in [-0.3, -0.25) is 0 Å². The highest BCUT2D eigenvalue weighted by atomic mass is 35.5. The Kier molecular flexibility index (Phi) is 6.33. The molecule has 0 aliphatic carbocycles. The number of anilines is 1. The van der Waals surface area contributed by atoms with Gasteiger partial charge in [0, 0.05) is 10.5 Å². The Hall–Kier alpha value is -2.15. The Labute approximate surface area is 183 Å². The van der Waals surface area contributed by atoms with Gasteiger partial charge in [0.2, 0.25) is 5.95 Å². The van der Waals surface area contributed by atoms with Crippen molar-refractivity contribution in [1.82, 2.24) is 9.97 Å². The summed E-state index contributed by atoms with van der Waals surface area (Å²) in [7, 11) is 0. The lowest BCUT2D eigenvalue weighted by Gasteiger charge is -2.12. The van der Waals surface area contributed by atoms with Gasteiger partial charge >= 0.3 is 0 Å². The topological polar surface area (TPSA) is 70.3 Å². The van der Waals surface area contributed by atoms with Crippen LogP contribution in [0.1, 0.15) is 19.3 Å². The third-order valence-electron chi connectivity index (χ3n) is 4.36. The maximum absolute atomic E-state index is 6.45. The lowest BCUT2D eigenvalue weighted by atomic mass is 10.1. The van der Waals surface area contributed by atoms with Gasteiger partial charge in [0.15, 0.2) is 0 Å². The molecule has 0 unspecified atom stereocenters. The van der Waals surface area contributed by atoms with E-state index in [-0.39, 0.29) is 5.95 Å². The molecular formula is C21H19Cl2N3O2S. The Morgan fingerprint density at radius 2 is 1.72 bits per heavy atom. The monoisotopic (exact) mass is 447 g/mol. The van der Waals surface area contributed by atoms with E-state index in [1.54, 1.807) is 6.07 Å². The van der Waals surface area contributed by atoms with Crippen molar-refractivity contribution >= 4 is 40.9 Å². The van der Waals surface area contributed by atoms with Crippen LogP contribution in [-0.4, -0.2) is 23.2 Å². The van der Waals surface area contributed by atoms with Gasteiger partial charge in [-0.25, -0.2) is 9.97 Å². The van der Waals surface area contributed by atoms with Crippen LogP contribution < -0.4 is 15.2 Å². The Bertz CT molecular complexity index is 1030. The summed E-state index contributed by atoms with van der Waals surface area (Å²) in [4.78, 5) is 9.72. The molecule has 8 heteroatoms. The van der Waals surface area contributed by atoms with Crippen molar-refractivity contribution in [2.45, 2.75) is 29.2 Å². The molecule has 29 heavy (non-hydrogen) atoms. The molecule has 0 radical (unpaired) electrons. The normalized spacial score (nSPS) is 14.4. The number of rotatable bonds is 0. The van der Waals surface area contributed by atoms with Crippen molar-refractivity contribution in [3.63, 3.8) is 0 Å². The lowest BCUT2D eigenvalue weighted by molar-refractivity contribution is 0.279. The van der Waals surface area contributed by atoms with E-state index in [1.165, 1.54) is 11.8 Å². The molecule has 4 rings (SSSR count). The van der Waals surface area contributed by atoms with Crippen LogP contribution in [0.25, 0.3) is 11.3 Å². The number of hydrogen-bond donors (Lipinski definition) is 1. The predicted octanol–water partition coefficient (Wildman–Crippen LogP) is 6.13. The molecule has 2 N–H and O–H groups in total. The molecule has 1 aliphatic heterocycles. The molecule has 5 nitrogen and oxygen atoms in total. The maximum atomic E-state index is 6.45. The zero-order chi connectivity index (χ0) is 20.2. The number of ether oxygens (including phenoxy) is 2. The summed E-state index contributed by atoms with van der Waals surface area (Å²) in [5, 5.41) is 1.65. The van der Waals surface area contributed by atoms with Crippen LogP contribution in [0.15, 0.2) is 52.4 Å². The van der Waals surface area contributed by atoms with Crippen LogP contribution in [0.3, 0.4) is 0 Å². The highest BCUT2D eigenvalue weighted by Gasteiger charge is 2.14. The van der Waals surface area contributed by atoms with E-state index >= 15 is 0 Å². The standard InChI is InChI=1S/C21H19Cl2N3O2S/c22-16-11-17(23)19-10-15(16)18-12-20(26-21(24)25-18)29-14-6-4-5-13(9-14)27-7-2-1-3-8-28-19/h4-6,9-12H,1-3,7-8H2,(H2,24,25,26). The fraction of sp³-hybridized carbons (Fsp3) is 0.238. The minimum Gasteiger partial charge on any atom is -0.494 e. The van der Waals surface area contributed by atoms with E-state index < -0.39 is 0 Å².